The maximum absolute atomic E-state index is 12.9. The smallest absolute Gasteiger partial charge is 0.243 e. The molecule has 1 aromatic carbocycles. The zero-order chi connectivity index (χ0) is 18.9. The topological polar surface area (TPSA) is 85.8 Å². The summed E-state index contributed by atoms with van der Waals surface area (Å²) in [4.78, 5) is 29.8. The van der Waals surface area contributed by atoms with Gasteiger partial charge >= 0.3 is 0 Å². The summed E-state index contributed by atoms with van der Waals surface area (Å²) in [7, 11) is 3.33. The quantitative estimate of drug-likeness (QED) is 0.333. The number of anilines is 1. The lowest BCUT2D eigenvalue weighted by atomic mass is 9.93. The third-order valence-electron chi connectivity index (χ3n) is 4.41. The highest BCUT2D eigenvalue weighted by atomic mass is 127. The second kappa shape index (κ2) is 11.7. The van der Waals surface area contributed by atoms with E-state index in [9.17, 15) is 14.0 Å². The van der Waals surface area contributed by atoms with Gasteiger partial charge in [-0.05, 0) is 43.0 Å². The van der Waals surface area contributed by atoms with Crippen LogP contribution in [0.25, 0.3) is 0 Å². The first-order valence-corrected chi connectivity index (χ1v) is 8.73. The molecule has 1 saturated heterocycles. The van der Waals surface area contributed by atoms with Gasteiger partial charge in [0.15, 0.2) is 5.96 Å². The summed E-state index contributed by atoms with van der Waals surface area (Å²) >= 11 is 0. The van der Waals surface area contributed by atoms with Crippen LogP contribution >= 0.6 is 24.0 Å². The number of rotatable bonds is 5. The highest BCUT2D eigenvalue weighted by Crippen LogP contribution is 2.20. The Morgan fingerprint density at radius 2 is 1.81 bits per heavy atom. The third kappa shape index (κ3) is 7.69. The van der Waals surface area contributed by atoms with Crippen LogP contribution in [0.3, 0.4) is 0 Å². The van der Waals surface area contributed by atoms with Crippen molar-refractivity contribution in [2.45, 2.75) is 19.3 Å². The van der Waals surface area contributed by atoms with Crippen molar-refractivity contribution in [1.29, 1.82) is 0 Å². The Bertz CT molecular complexity index is 646. The SMILES string of the molecule is CN=C(NCC(=O)Nc1ccc(F)cc1)N1CCC(CC(=O)NC)CC1.I. The molecule has 150 valence electrons. The molecule has 0 aromatic heterocycles. The Balaban J connectivity index is 0.00000364. The Morgan fingerprint density at radius 1 is 1.19 bits per heavy atom. The molecular formula is C18H27FIN5O2. The first kappa shape index (κ1) is 23.1. The summed E-state index contributed by atoms with van der Waals surface area (Å²) < 4.78 is 12.9. The number of guanidine groups is 1. The number of nitrogens with zero attached hydrogens (tertiary/aromatic N) is 2. The van der Waals surface area contributed by atoms with Gasteiger partial charge in [-0.15, -0.1) is 24.0 Å². The van der Waals surface area contributed by atoms with Crippen LogP contribution in [-0.4, -0.2) is 56.4 Å². The largest absolute Gasteiger partial charge is 0.359 e. The summed E-state index contributed by atoms with van der Waals surface area (Å²) in [5.74, 6) is 0.542. The lowest BCUT2D eigenvalue weighted by molar-refractivity contribution is -0.121. The standard InChI is InChI=1S/C18H26FN5O2.HI/c1-20-16(25)11-13-7-9-24(10-8-13)18(21-2)22-12-17(26)23-15-5-3-14(19)4-6-15;/h3-6,13H,7-12H2,1-2H3,(H,20,25)(H,21,22)(H,23,26);1H. The molecule has 9 heteroatoms. The van der Waals surface area contributed by atoms with Crippen molar-refractivity contribution in [2.24, 2.45) is 10.9 Å². The average molecular weight is 491 g/mol. The molecule has 2 rings (SSSR count). The van der Waals surface area contributed by atoms with Crippen molar-refractivity contribution in [2.75, 3.05) is 39.0 Å². The molecule has 1 fully saturated rings. The molecule has 27 heavy (non-hydrogen) atoms. The fourth-order valence-corrected chi connectivity index (χ4v) is 2.94. The van der Waals surface area contributed by atoms with Crippen LogP contribution in [-0.2, 0) is 9.59 Å². The van der Waals surface area contributed by atoms with E-state index in [4.69, 9.17) is 0 Å². The van der Waals surface area contributed by atoms with E-state index in [1.165, 1.54) is 24.3 Å². The number of hydrogen-bond donors (Lipinski definition) is 3. The molecule has 0 unspecified atom stereocenters. The zero-order valence-electron chi connectivity index (χ0n) is 15.6. The maximum Gasteiger partial charge on any atom is 0.243 e. The van der Waals surface area contributed by atoms with Crippen LogP contribution in [0.1, 0.15) is 19.3 Å². The van der Waals surface area contributed by atoms with Crippen LogP contribution in [0.2, 0.25) is 0 Å². The number of likely N-dealkylation sites (tertiary alicyclic amines) is 1. The van der Waals surface area contributed by atoms with E-state index in [2.05, 4.69) is 25.8 Å². The van der Waals surface area contributed by atoms with Gasteiger partial charge in [-0.1, -0.05) is 0 Å². The highest BCUT2D eigenvalue weighted by molar-refractivity contribution is 14.0. The monoisotopic (exact) mass is 491 g/mol. The lowest BCUT2D eigenvalue weighted by Gasteiger charge is -2.33. The molecule has 1 heterocycles. The number of halogens is 2. The molecule has 3 N–H and O–H groups in total. The van der Waals surface area contributed by atoms with Gasteiger partial charge in [0.2, 0.25) is 11.8 Å². The fraction of sp³-hybridized carbons (Fsp3) is 0.500. The van der Waals surface area contributed by atoms with Crippen LogP contribution < -0.4 is 16.0 Å². The van der Waals surface area contributed by atoms with E-state index in [0.717, 1.165) is 25.9 Å². The zero-order valence-corrected chi connectivity index (χ0v) is 18.0. The predicted octanol–water partition coefficient (Wildman–Crippen LogP) is 1.81. The lowest BCUT2D eigenvalue weighted by Crippen LogP contribution is -2.47. The van der Waals surface area contributed by atoms with Crippen molar-refractivity contribution in [3.63, 3.8) is 0 Å². The number of hydrogen-bond acceptors (Lipinski definition) is 3. The van der Waals surface area contributed by atoms with Crippen LogP contribution in [0.5, 0.6) is 0 Å². The van der Waals surface area contributed by atoms with Gasteiger partial charge in [-0.3, -0.25) is 14.6 Å². The molecule has 1 aliphatic heterocycles. The van der Waals surface area contributed by atoms with Crippen molar-refractivity contribution in [1.82, 2.24) is 15.5 Å². The fourth-order valence-electron chi connectivity index (χ4n) is 2.94. The minimum Gasteiger partial charge on any atom is -0.359 e. The average Bonchev–Trinajstić information content (AvgIpc) is 2.65. The van der Waals surface area contributed by atoms with E-state index in [1.54, 1.807) is 14.1 Å². The summed E-state index contributed by atoms with van der Waals surface area (Å²) in [6.45, 7) is 1.66. The molecule has 0 bridgehead atoms. The van der Waals surface area contributed by atoms with Crippen molar-refractivity contribution in [3.05, 3.63) is 30.1 Å². The Morgan fingerprint density at radius 3 is 2.37 bits per heavy atom. The van der Waals surface area contributed by atoms with Crippen LogP contribution in [0.15, 0.2) is 29.3 Å². The van der Waals surface area contributed by atoms with Gasteiger partial charge < -0.3 is 20.9 Å². The second-order valence-corrected chi connectivity index (χ2v) is 6.26. The Hall–Kier alpha value is -1.91. The molecule has 7 nitrogen and oxygen atoms in total. The minimum absolute atomic E-state index is 0. The maximum atomic E-state index is 12.9. The van der Waals surface area contributed by atoms with E-state index < -0.39 is 0 Å². The van der Waals surface area contributed by atoms with E-state index in [0.29, 0.717) is 24.0 Å². The molecule has 2 amide bonds. The number of carbonyl (C=O) groups excluding carboxylic acids is 2. The van der Waals surface area contributed by atoms with Gasteiger partial charge in [0, 0.05) is 39.3 Å². The summed E-state index contributed by atoms with van der Waals surface area (Å²) in [6, 6.07) is 5.62. The number of benzene rings is 1. The third-order valence-corrected chi connectivity index (χ3v) is 4.41. The van der Waals surface area contributed by atoms with Gasteiger partial charge in [0.05, 0.1) is 6.54 Å². The number of carbonyl (C=O) groups is 2. The second-order valence-electron chi connectivity index (χ2n) is 6.26. The number of nitrogens with one attached hydrogen (secondary N) is 3. The Labute approximate surface area is 176 Å². The molecule has 0 aliphatic carbocycles. The number of aliphatic imine (C=N–C) groups is 1. The minimum atomic E-state index is -0.346. The van der Waals surface area contributed by atoms with Crippen LogP contribution in [0, 0.1) is 11.7 Å². The molecule has 1 aromatic rings. The molecule has 0 saturated carbocycles. The van der Waals surface area contributed by atoms with Gasteiger partial charge in [0.25, 0.3) is 0 Å². The summed E-state index contributed by atoms with van der Waals surface area (Å²) in [6.07, 6.45) is 2.38. The van der Waals surface area contributed by atoms with Crippen molar-refractivity contribution >= 4 is 47.4 Å². The van der Waals surface area contributed by atoms with Crippen molar-refractivity contribution < 1.29 is 14.0 Å². The first-order valence-electron chi connectivity index (χ1n) is 8.73. The van der Waals surface area contributed by atoms with Crippen LogP contribution in [0.4, 0.5) is 10.1 Å². The molecule has 0 atom stereocenters. The molecular weight excluding hydrogens is 464 g/mol. The van der Waals surface area contributed by atoms with Gasteiger partial charge in [-0.25, -0.2) is 4.39 Å². The Kier molecular flexibility index (Phi) is 10.0. The van der Waals surface area contributed by atoms with Gasteiger partial charge in [0.1, 0.15) is 5.82 Å². The number of piperidine rings is 1. The normalized spacial score (nSPS) is 14.9. The molecule has 0 spiro atoms. The molecule has 0 radical (unpaired) electrons. The summed E-state index contributed by atoms with van der Waals surface area (Å²) in [5, 5.41) is 8.41. The van der Waals surface area contributed by atoms with E-state index in [-0.39, 0.29) is 48.2 Å². The van der Waals surface area contributed by atoms with Crippen molar-refractivity contribution in [3.8, 4) is 0 Å². The summed E-state index contributed by atoms with van der Waals surface area (Å²) in [5.41, 5.74) is 0.545. The first-order chi connectivity index (χ1) is 12.5. The van der Waals surface area contributed by atoms with E-state index in [1.807, 2.05) is 0 Å². The number of amides is 2. The highest BCUT2D eigenvalue weighted by Gasteiger charge is 2.23. The predicted molar refractivity (Wildman–Crippen MR) is 115 cm³/mol. The van der Waals surface area contributed by atoms with Gasteiger partial charge in [-0.2, -0.15) is 0 Å². The molecule has 1 aliphatic rings. The van der Waals surface area contributed by atoms with E-state index >= 15 is 0 Å².